The largest absolute Gasteiger partial charge is 0.480 e. The summed E-state index contributed by atoms with van der Waals surface area (Å²) in [6.45, 7) is 2.69. The van der Waals surface area contributed by atoms with Gasteiger partial charge < -0.3 is 31.7 Å². The van der Waals surface area contributed by atoms with E-state index in [0.29, 0.717) is 13.1 Å². The Kier molecular flexibility index (Phi) is 13.2. The number of hydrogen-bond acceptors (Lipinski definition) is 6. The second-order valence-electron chi connectivity index (χ2n) is 2.97. The molecule has 0 unspecified atom stereocenters. The molecule has 0 aromatic carbocycles. The van der Waals surface area contributed by atoms with E-state index >= 15 is 0 Å². The highest BCUT2D eigenvalue weighted by molar-refractivity contribution is 7.51. The Morgan fingerprint density at radius 2 is 1.59 bits per heavy atom. The third-order valence-corrected chi connectivity index (χ3v) is 1.87. The average Bonchev–Trinajstić information content (AvgIpc) is 2.17. The Morgan fingerprint density at radius 1 is 1.12 bits per heavy atom. The molecule has 0 aliphatic heterocycles. The first-order valence-corrected chi connectivity index (χ1v) is 6.71. The summed E-state index contributed by atoms with van der Waals surface area (Å²) in [4.78, 5) is 26.1. The molecular formula is C7H21N4O5P. The van der Waals surface area contributed by atoms with E-state index in [0.717, 1.165) is 13.1 Å². The molecule has 0 heterocycles. The molecule has 104 valence electrons. The van der Waals surface area contributed by atoms with Gasteiger partial charge in [0.2, 0.25) is 0 Å². The van der Waals surface area contributed by atoms with Gasteiger partial charge >= 0.3 is 13.6 Å². The van der Waals surface area contributed by atoms with Crippen LogP contribution in [0.25, 0.3) is 0 Å². The molecule has 0 atom stereocenters. The molecule has 0 rings (SSSR count). The quantitative estimate of drug-likeness (QED) is 0.183. The summed E-state index contributed by atoms with van der Waals surface area (Å²) >= 11 is 0. The van der Waals surface area contributed by atoms with Gasteiger partial charge in [-0.15, -0.1) is 0 Å². The van der Waals surface area contributed by atoms with Crippen LogP contribution in [-0.2, 0) is 9.36 Å². The van der Waals surface area contributed by atoms with E-state index in [4.69, 9.17) is 26.4 Å². The van der Waals surface area contributed by atoms with Crippen LogP contribution in [0.3, 0.4) is 0 Å². The molecule has 17 heavy (non-hydrogen) atoms. The van der Waals surface area contributed by atoms with Crippen molar-refractivity contribution >= 4 is 13.6 Å². The van der Waals surface area contributed by atoms with Gasteiger partial charge in [-0.05, 0) is 0 Å². The Morgan fingerprint density at radius 3 is 1.88 bits per heavy atom. The van der Waals surface area contributed by atoms with E-state index in [9.17, 15) is 9.36 Å². The Labute approximate surface area is 99.7 Å². The second kappa shape index (κ2) is 11.9. The van der Waals surface area contributed by atoms with Gasteiger partial charge in [0, 0.05) is 26.2 Å². The highest BCUT2D eigenvalue weighted by atomic mass is 31.2. The van der Waals surface area contributed by atoms with E-state index in [1.54, 1.807) is 0 Å². The summed E-state index contributed by atoms with van der Waals surface area (Å²) < 4.78 is 10.1. The minimum Gasteiger partial charge on any atom is -0.480 e. The van der Waals surface area contributed by atoms with Crippen molar-refractivity contribution in [2.45, 2.75) is 0 Å². The van der Waals surface area contributed by atoms with E-state index in [1.165, 1.54) is 0 Å². The molecular weight excluding hydrogens is 251 g/mol. The van der Waals surface area contributed by atoms with E-state index < -0.39 is 26.4 Å². The van der Waals surface area contributed by atoms with Crippen LogP contribution >= 0.6 is 7.60 Å². The lowest BCUT2D eigenvalue weighted by atomic mass is 10.6. The third kappa shape index (κ3) is 25.6. The summed E-state index contributed by atoms with van der Waals surface area (Å²) in [5.74, 6) is -1.14. The summed E-state index contributed by atoms with van der Waals surface area (Å²) in [6.07, 6.45) is -0.598. The summed E-state index contributed by atoms with van der Waals surface area (Å²) in [5.41, 5.74) is 10.3. The zero-order valence-electron chi connectivity index (χ0n) is 9.50. The number of nitrogens with two attached hydrogens (primary N) is 2. The maximum absolute atomic E-state index is 10.1. The van der Waals surface area contributed by atoms with Crippen molar-refractivity contribution in [3.05, 3.63) is 0 Å². The van der Waals surface area contributed by atoms with Crippen LogP contribution in [0, 0.1) is 0 Å². The fourth-order valence-corrected chi connectivity index (χ4v) is 1.04. The zero-order chi connectivity index (χ0) is 13.7. The van der Waals surface area contributed by atoms with Crippen LogP contribution in [-0.4, -0.2) is 59.9 Å². The average molecular weight is 272 g/mol. The van der Waals surface area contributed by atoms with Crippen LogP contribution in [0.2, 0.25) is 0 Å². The summed E-state index contributed by atoms with van der Waals surface area (Å²) in [6, 6.07) is 0. The molecule has 0 aliphatic rings. The van der Waals surface area contributed by atoms with E-state index in [-0.39, 0.29) is 0 Å². The number of carboxylic acid groups (broad SMARTS) is 1. The molecule has 0 aromatic rings. The molecule has 0 radical (unpaired) electrons. The standard InChI is InChI=1S/C4H13N3.C3H8NO5P/c5-1-3-7-4-2-6;5-3(6)1-4-2-10(7,8)9/h7H,1-6H2;4H,1-2H2,(H,5,6)(H2,7,8,9). The number of carbonyl (C=O) groups is 1. The molecule has 9 N–H and O–H groups in total. The molecule has 0 aliphatic carbocycles. The SMILES string of the molecule is NCCNCCN.O=C(O)CNCP(=O)(O)O. The van der Waals surface area contributed by atoms with Crippen LogP contribution in [0.4, 0.5) is 0 Å². The molecule has 0 fully saturated rings. The topological polar surface area (TPSA) is 171 Å². The Bertz CT molecular complexity index is 230. The van der Waals surface area contributed by atoms with Gasteiger partial charge in [-0.25, -0.2) is 0 Å². The van der Waals surface area contributed by atoms with Crippen molar-refractivity contribution in [2.75, 3.05) is 39.0 Å². The van der Waals surface area contributed by atoms with Crippen molar-refractivity contribution < 1.29 is 24.3 Å². The summed E-state index contributed by atoms with van der Waals surface area (Å²) in [7, 11) is -4.10. The first-order valence-electron chi connectivity index (χ1n) is 4.91. The normalized spacial score (nSPS) is 10.6. The molecule has 0 saturated heterocycles. The lowest BCUT2D eigenvalue weighted by molar-refractivity contribution is -0.135. The monoisotopic (exact) mass is 272 g/mol. The zero-order valence-corrected chi connectivity index (χ0v) is 10.4. The molecule has 9 nitrogen and oxygen atoms in total. The van der Waals surface area contributed by atoms with Gasteiger partial charge in [0.1, 0.15) is 0 Å². The van der Waals surface area contributed by atoms with Gasteiger partial charge in [-0.2, -0.15) is 0 Å². The van der Waals surface area contributed by atoms with Crippen LogP contribution in [0.15, 0.2) is 0 Å². The lowest BCUT2D eigenvalue weighted by Crippen LogP contribution is -2.27. The molecule has 0 aromatic heterocycles. The van der Waals surface area contributed by atoms with Crippen molar-refractivity contribution in [2.24, 2.45) is 11.5 Å². The fraction of sp³-hybridized carbons (Fsp3) is 0.857. The van der Waals surface area contributed by atoms with Crippen molar-refractivity contribution in [3.8, 4) is 0 Å². The van der Waals surface area contributed by atoms with Crippen LogP contribution in [0.1, 0.15) is 0 Å². The number of aliphatic carboxylic acids is 1. The first-order chi connectivity index (χ1) is 7.83. The van der Waals surface area contributed by atoms with Gasteiger partial charge in [-0.3, -0.25) is 14.7 Å². The minimum atomic E-state index is -4.10. The molecule has 0 amide bonds. The van der Waals surface area contributed by atoms with Crippen molar-refractivity contribution in [1.82, 2.24) is 10.6 Å². The molecule has 0 saturated carbocycles. The molecule has 10 heteroatoms. The number of hydrogen-bond donors (Lipinski definition) is 7. The number of rotatable bonds is 8. The van der Waals surface area contributed by atoms with Gasteiger partial charge in [-0.1, -0.05) is 0 Å². The lowest BCUT2D eigenvalue weighted by Gasteiger charge is -2.02. The van der Waals surface area contributed by atoms with Crippen LogP contribution in [0.5, 0.6) is 0 Å². The van der Waals surface area contributed by atoms with Crippen molar-refractivity contribution in [3.63, 3.8) is 0 Å². The maximum atomic E-state index is 10.1. The first kappa shape index (κ1) is 18.8. The fourth-order valence-electron chi connectivity index (χ4n) is 0.638. The van der Waals surface area contributed by atoms with E-state index in [2.05, 4.69) is 10.6 Å². The van der Waals surface area contributed by atoms with Gasteiger partial charge in [0.05, 0.1) is 12.8 Å². The summed E-state index contributed by atoms with van der Waals surface area (Å²) in [5, 5.41) is 13.1. The highest BCUT2D eigenvalue weighted by Crippen LogP contribution is 2.31. The second-order valence-corrected chi connectivity index (χ2v) is 4.62. The van der Waals surface area contributed by atoms with Gasteiger partial charge in [0.25, 0.3) is 0 Å². The maximum Gasteiger partial charge on any atom is 0.339 e. The molecule has 0 bridgehead atoms. The predicted octanol–water partition coefficient (Wildman–Crippen LogP) is -2.71. The Hall–Kier alpha value is -0.540. The van der Waals surface area contributed by atoms with E-state index in [1.807, 2.05) is 0 Å². The number of carboxylic acids is 1. The highest BCUT2D eigenvalue weighted by Gasteiger charge is 2.11. The smallest absolute Gasteiger partial charge is 0.339 e. The third-order valence-electron chi connectivity index (χ3n) is 1.24. The Balaban J connectivity index is 0. The van der Waals surface area contributed by atoms with Crippen molar-refractivity contribution in [1.29, 1.82) is 0 Å². The number of nitrogens with one attached hydrogen (secondary N) is 2. The minimum absolute atomic E-state index is 0.439. The van der Waals surface area contributed by atoms with Gasteiger partial charge in [0.15, 0.2) is 0 Å². The molecule has 0 spiro atoms. The van der Waals surface area contributed by atoms with Crippen LogP contribution < -0.4 is 22.1 Å². The predicted molar refractivity (Wildman–Crippen MR) is 63.5 cm³/mol.